The number of hydrogen-bond donors (Lipinski definition) is 2. The molecule has 1 aromatic carbocycles. The highest BCUT2D eigenvalue weighted by Crippen LogP contribution is 2.26. The number of likely N-dealkylation sites (tertiary alicyclic amines) is 1. The van der Waals surface area contributed by atoms with E-state index in [1.165, 1.54) is 12.0 Å². The number of nitrogens with zero attached hydrogens (tertiary/aromatic N) is 1. The van der Waals surface area contributed by atoms with Crippen LogP contribution in [0, 0.1) is 5.92 Å². The number of amides is 1. The van der Waals surface area contributed by atoms with Gasteiger partial charge in [-0.25, -0.2) is 0 Å². The minimum absolute atomic E-state index is 0. The second kappa shape index (κ2) is 7.25. The number of carbonyl (C=O) groups excluding carboxylic acids is 1. The summed E-state index contributed by atoms with van der Waals surface area (Å²) in [4.78, 5) is 14.8. The van der Waals surface area contributed by atoms with Gasteiger partial charge in [0.05, 0.1) is 6.04 Å². The third-order valence-corrected chi connectivity index (χ3v) is 4.59. The molecule has 0 spiro atoms. The van der Waals surface area contributed by atoms with Crippen molar-refractivity contribution in [2.75, 3.05) is 25.0 Å². The number of halogens is 1. The third-order valence-electron chi connectivity index (χ3n) is 4.59. The number of rotatable bonds is 2. The summed E-state index contributed by atoms with van der Waals surface area (Å²) in [6.45, 7) is 2.71. The van der Waals surface area contributed by atoms with E-state index in [-0.39, 0.29) is 24.4 Å². The van der Waals surface area contributed by atoms with Crippen LogP contribution in [0.1, 0.15) is 24.8 Å². The van der Waals surface area contributed by atoms with Crippen LogP contribution >= 0.6 is 12.4 Å². The van der Waals surface area contributed by atoms with Crippen LogP contribution in [-0.4, -0.2) is 36.5 Å². The van der Waals surface area contributed by atoms with Crippen LogP contribution in [0.5, 0.6) is 0 Å². The number of anilines is 1. The molecule has 0 bridgehead atoms. The number of piperidine rings is 1. The van der Waals surface area contributed by atoms with Gasteiger partial charge in [-0.1, -0.05) is 18.2 Å². The summed E-state index contributed by atoms with van der Waals surface area (Å²) in [5, 5.41) is 3.09. The van der Waals surface area contributed by atoms with Crippen molar-refractivity contribution in [3.63, 3.8) is 0 Å². The van der Waals surface area contributed by atoms with Gasteiger partial charge in [-0.3, -0.25) is 9.69 Å². The van der Waals surface area contributed by atoms with Crippen LogP contribution in [0.15, 0.2) is 24.3 Å². The van der Waals surface area contributed by atoms with Crippen LogP contribution in [-0.2, 0) is 11.2 Å². The molecule has 4 nitrogen and oxygen atoms in total. The Morgan fingerprint density at radius 2 is 2.10 bits per heavy atom. The smallest absolute Gasteiger partial charge is 0.241 e. The van der Waals surface area contributed by atoms with Crippen molar-refractivity contribution in [3.05, 3.63) is 29.8 Å². The maximum absolute atomic E-state index is 12.5. The zero-order valence-electron chi connectivity index (χ0n) is 12.3. The number of aryl methyl sites for hydroxylation is 1. The van der Waals surface area contributed by atoms with E-state index in [4.69, 9.17) is 5.73 Å². The lowest BCUT2D eigenvalue weighted by molar-refractivity contribution is -0.122. The lowest BCUT2D eigenvalue weighted by atomic mass is 9.95. The monoisotopic (exact) mass is 309 g/mol. The first-order valence-corrected chi connectivity index (χ1v) is 7.61. The highest BCUT2D eigenvalue weighted by molar-refractivity contribution is 5.96. The zero-order valence-corrected chi connectivity index (χ0v) is 13.1. The summed E-state index contributed by atoms with van der Waals surface area (Å²) in [6.07, 6.45) is 4.21. The van der Waals surface area contributed by atoms with E-state index in [0.29, 0.717) is 5.92 Å². The van der Waals surface area contributed by atoms with Crippen molar-refractivity contribution in [2.24, 2.45) is 11.7 Å². The van der Waals surface area contributed by atoms with E-state index in [2.05, 4.69) is 16.3 Å². The van der Waals surface area contributed by atoms with Gasteiger partial charge in [0.15, 0.2) is 0 Å². The van der Waals surface area contributed by atoms with Crippen molar-refractivity contribution >= 4 is 24.0 Å². The molecule has 2 unspecified atom stereocenters. The second-order valence-electron chi connectivity index (χ2n) is 5.94. The van der Waals surface area contributed by atoms with E-state index in [1.807, 2.05) is 18.2 Å². The van der Waals surface area contributed by atoms with Crippen LogP contribution in [0.3, 0.4) is 0 Å². The summed E-state index contributed by atoms with van der Waals surface area (Å²) in [6, 6.07) is 8.11. The molecule has 116 valence electrons. The Morgan fingerprint density at radius 1 is 1.29 bits per heavy atom. The van der Waals surface area contributed by atoms with E-state index in [1.54, 1.807) is 0 Å². The molecular formula is C16H24ClN3O. The molecular weight excluding hydrogens is 286 g/mol. The maximum Gasteiger partial charge on any atom is 0.241 e. The van der Waals surface area contributed by atoms with Gasteiger partial charge in [-0.05, 0) is 56.3 Å². The normalized spacial score (nSPS) is 26.2. The number of hydrogen-bond acceptors (Lipinski definition) is 3. The van der Waals surface area contributed by atoms with Gasteiger partial charge in [0.25, 0.3) is 0 Å². The third kappa shape index (κ3) is 3.57. The van der Waals surface area contributed by atoms with Crippen molar-refractivity contribution in [1.29, 1.82) is 0 Å². The topological polar surface area (TPSA) is 58.4 Å². The zero-order chi connectivity index (χ0) is 13.9. The molecule has 1 saturated heterocycles. The molecule has 2 atom stereocenters. The average Bonchev–Trinajstić information content (AvgIpc) is 2.65. The fourth-order valence-corrected chi connectivity index (χ4v) is 3.42. The fourth-order valence-electron chi connectivity index (χ4n) is 3.42. The summed E-state index contributed by atoms with van der Waals surface area (Å²) >= 11 is 0. The van der Waals surface area contributed by atoms with Gasteiger partial charge in [-0.2, -0.15) is 0 Å². The number of fused-ring (bicyclic) bond motifs is 1. The molecule has 2 aliphatic heterocycles. The molecule has 2 heterocycles. The van der Waals surface area contributed by atoms with Gasteiger partial charge < -0.3 is 11.1 Å². The molecule has 21 heavy (non-hydrogen) atoms. The molecule has 1 aromatic rings. The quantitative estimate of drug-likeness (QED) is 0.879. The van der Waals surface area contributed by atoms with Gasteiger partial charge in [0.2, 0.25) is 5.91 Å². The fraction of sp³-hybridized carbons (Fsp3) is 0.562. The van der Waals surface area contributed by atoms with Crippen LogP contribution in [0.2, 0.25) is 0 Å². The lowest BCUT2D eigenvalue weighted by Crippen LogP contribution is -2.49. The SMILES string of the molecule is Cl.NCC1CCCN(C2CCc3ccccc3NC2=O)C1. The van der Waals surface area contributed by atoms with Crippen molar-refractivity contribution < 1.29 is 4.79 Å². The number of nitrogens with one attached hydrogen (secondary N) is 1. The standard InChI is InChI=1S/C16H23N3O.ClH/c17-10-12-4-3-9-19(11-12)15-8-7-13-5-1-2-6-14(13)18-16(15)20;/h1-2,5-6,12,15H,3-4,7-11,17H2,(H,18,20);1H. The molecule has 2 aliphatic rings. The Morgan fingerprint density at radius 3 is 2.90 bits per heavy atom. The first-order chi connectivity index (χ1) is 9.78. The largest absolute Gasteiger partial charge is 0.330 e. The van der Waals surface area contributed by atoms with Gasteiger partial charge in [0, 0.05) is 12.2 Å². The van der Waals surface area contributed by atoms with Crippen molar-refractivity contribution in [3.8, 4) is 0 Å². The molecule has 0 aliphatic carbocycles. The number of benzene rings is 1. The molecule has 0 saturated carbocycles. The summed E-state index contributed by atoms with van der Waals surface area (Å²) in [7, 11) is 0. The number of carbonyl (C=O) groups is 1. The Balaban J connectivity index is 0.00000161. The lowest BCUT2D eigenvalue weighted by Gasteiger charge is -2.36. The summed E-state index contributed by atoms with van der Waals surface area (Å²) < 4.78 is 0. The highest BCUT2D eigenvalue weighted by atomic mass is 35.5. The second-order valence-corrected chi connectivity index (χ2v) is 5.94. The van der Waals surface area contributed by atoms with Gasteiger partial charge in [-0.15, -0.1) is 12.4 Å². The Bertz CT molecular complexity index is 494. The summed E-state index contributed by atoms with van der Waals surface area (Å²) in [5.74, 6) is 0.690. The predicted octanol–water partition coefficient (Wildman–Crippen LogP) is 2.03. The molecule has 3 rings (SSSR count). The van der Waals surface area contributed by atoms with E-state index >= 15 is 0 Å². The first-order valence-electron chi connectivity index (χ1n) is 7.61. The van der Waals surface area contributed by atoms with Gasteiger partial charge in [0.1, 0.15) is 0 Å². The molecule has 0 radical (unpaired) electrons. The van der Waals surface area contributed by atoms with Crippen molar-refractivity contribution in [2.45, 2.75) is 31.7 Å². The number of nitrogens with two attached hydrogens (primary N) is 1. The van der Waals surface area contributed by atoms with Gasteiger partial charge >= 0.3 is 0 Å². The van der Waals surface area contributed by atoms with Crippen LogP contribution in [0.4, 0.5) is 5.69 Å². The molecule has 5 heteroatoms. The average molecular weight is 310 g/mol. The number of para-hydroxylation sites is 1. The molecule has 1 fully saturated rings. The predicted molar refractivity (Wildman–Crippen MR) is 87.8 cm³/mol. The van der Waals surface area contributed by atoms with E-state index < -0.39 is 0 Å². The van der Waals surface area contributed by atoms with E-state index in [0.717, 1.165) is 44.6 Å². The molecule has 0 aromatic heterocycles. The van der Waals surface area contributed by atoms with Crippen LogP contribution < -0.4 is 11.1 Å². The Labute approximate surface area is 132 Å². The first kappa shape index (κ1) is 16.3. The Kier molecular flexibility index (Phi) is 5.62. The van der Waals surface area contributed by atoms with Crippen molar-refractivity contribution in [1.82, 2.24) is 4.90 Å². The highest BCUT2D eigenvalue weighted by Gasteiger charge is 2.31. The van der Waals surface area contributed by atoms with Crippen LogP contribution in [0.25, 0.3) is 0 Å². The summed E-state index contributed by atoms with van der Waals surface area (Å²) in [5.41, 5.74) is 8.03. The Hall–Kier alpha value is -1.10. The minimum atomic E-state index is -0.00301. The van der Waals surface area contributed by atoms with E-state index in [9.17, 15) is 4.79 Å². The minimum Gasteiger partial charge on any atom is -0.330 e. The molecule has 1 amide bonds. The maximum atomic E-state index is 12.5. The molecule has 3 N–H and O–H groups in total.